The van der Waals surface area contributed by atoms with Gasteiger partial charge < -0.3 is 10.8 Å². The number of carboxylic acids is 1. The number of aryl methyl sites for hydroxylation is 1. The number of nitrogens with zero attached hydrogens (tertiary/aromatic N) is 2. The molecule has 1 saturated heterocycles. The van der Waals surface area contributed by atoms with Crippen LogP contribution in [0.3, 0.4) is 0 Å². The highest BCUT2D eigenvalue weighted by molar-refractivity contribution is 8.00. The minimum Gasteiger partial charge on any atom is -0.477 e. The Balaban J connectivity index is 1.92. The van der Waals surface area contributed by atoms with Crippen LogP contribution in [0.15, 0.2) is 35.8 Å². The van der Waals surface area contributed by atoms with E-state index in [2.05, 4.69) is 0 Å². The molecular formula is C14H16N3O3S+. The van der Waals surface area contributed by atoms with Crippen LogP contribution in [-0.4, -0.2) is 39.1 Å². The molecule has 0 aliphatic carbocycles. The number of hydrogen-bond donors (Lipinski definition) is 2. The second kappa shape index (κ2) is 5.16. The van der Waals surface area contributed by atoms with Gasteiger partial charge in [0.1, 0.15) is 17.1 Å². The summed E-state index contributed by atoms with van der Waals surface area (Å²) in [6.07, 6.45) is 3.81. The number of nitrogens with two attached hydrogens (primary N) is 1. The van der Waals surface area contributed by atoms with E-state index in [0.717, 1.165) is 11.1 Å². The van der Waals surface area contributed by atoms with E-state index >= 15 is 0 Å². The topological polar surface area (TPSA) is 87.5 Å². The van der Waals surface area contributed by atoms with E-state index in [4.69, 9.17) is 5.73 Å². The molecule has 3 rings (SSSR count). The molecule has 3 N–H and O–H groups in total. The molecule has 0 bridgehead atoms. The average Bonchev–Trinajstić information content (AvgIpc) is 2.48. The number of carbonyl (C=O) groups excluding carboxylic acids is 1. The molecule has 6 nitrogen and oxygen atoms in total. The molecule has 2 aliphatic heterocycles. The van der Waals surface area contributed by atoms with Gasteiger partial charge in [-0.2, -0.15) is 0 Å². The second-order valence-electron chi connectivity index (χ2n) is 5.24. The molecule has 2 aliphatic rings. The van der Waals surface area contributed by atoms with Gasteiger partial charge in [0.25, 0.3) is 0 Å². The summed E-state index contributed by atoms with van der Waals surface area (Å²) in [6.45, 7) is 2.45. The van der Waals surface area contributed by atoms with Gasteiger partial charge in [-0.3, -0.25) is 9.69 Å². The molecule has 0 radical (unpaired) electrons. The van der Waals surface area contributed by atoms with E-state index in [-0.39, 0.29) is 17.0 Å². The van der Waals surface area contributed by atoms with Crippen molar-refractivity contribution in [1.82, 2.24) is 4.90 Å². The number of aromatic nitrogens is 1. The number of carbonyl (C=O) groups is 2. The molecule has 0 spiro atoms. The van der Waals surface area contributed by atoms with Crippen molar-refractivity contribution in [3.63, 3.8) is 0 Å². The van der Waals surface area contributed by atoms with Gasteiger partial charge in [0.2, 0.25) is 5.91 Å². The molecule has 2 unspecified atom stereocenters. The predicted molar refractivity (Wildman–Crippen MR) is 77.1 cm³/mol. The molecule has 1 aromatic rings. The molecule has 3 heterocycles. The lowest BCUT2D eigenvalue weighted by atomic mass is 10.0. The third kappa shape index (κ3) is 2.32. The molecule has 110 valence electrons. The number of hydrogen-bond acceptors (Lipinski definition) is 4. The molecule has 1 amide bonds. The quantitative estimate of drug-likeness (QED) is 0.600. The maximum Gasteiger partial charge on any atom is 0.352 e. The maximum atomic E-state index is 11.8. The Labute approximate surface area is 126 Å². The lowest BCUT2D eigenvalue weighted by molar-refractivity contribution is -0.689. The Morgan fingerprint density at radius 1 is 1.52 bits per heavy atom. The summed E-state index contributed by atoms with van der Waals surface area (Å²) >= 11 is 1.52. The monoisotopic (exact) mass is 306 g/mol. The van der Waals surface area contributed by atoms with E-state index in [1.807, 2.05) is 36.0 Å². The number of fused-ring (bicyclic) bond motifs is 1. The molecule has 21 heavy (non-hydrogen) atoms. The number of β-lactam (4-membered cyclic amide) rings is 1. The minimum atomic E-state index is -1.07. The van der Waals surface area contributed by atoms with Crippen molar-refractivity contribution < 1.29 is 19.3 Å². The Kier molecular flexibility index (Phi) is 3.46. The Hall–Kier alpha value is -1.86. The van der Waals surface area contributed by atoms with Crippen molar-refractivity contribution in [3.05, 3.63) is 41.4 Å². The molecule has 1 fully saturated rings. The zero-order valence-corrected chi connectivity index (χ0v) is 12.3. The SMILES string of the molecule is Cc1cc[n+](CC2=C(C(=O)O)N3C(=O)C(N)C3SC2)cc1. The summed E-state index contributed by atoms with van der Waals surface area (Å²) in [4.78, 5) is 24.7. The van der Waals surface area contributed by atoms with Crippen molar-refractivity contribution >= 4 is 23.6 Å². The van der Waals surface area contributed by atoms with Gasteiger partial charge in [0, 0.05) is 23.5 Å². The van der Waals surface area contributed by atoms with E-state index in [0.29, 0.717) is 12.3 Å². The first kappa shape index (κ1) is 14.1. The number of rotatable bonds is 3. The smallest absolute Gasteiger partial charge is 0.352 e. The van der Waals surface area contributed by atoms with Gasteiger partial charge in [0.15, 0.2) is 18.9 Å². The number of amides is 1. The highest BCUT2D eigenvalue weighted by atomic mass is 32.2. The summed E-state index contributed by atoms with van der Waals surface area (Å²) < 4.78 is 1.91. The summed E-state index contributed by atoms with van der Waals surface area (Å²) in [5, 5.41) is 9.21. The zero-order chi connectivity index (χ0) is 15.1. The lowest BCUT2D eigenvalue weighted by Gasteiger charge is -2.47. The van der Waals surface area contributed by atoms with Crippen molar-refractivity contribution in [2.45, 2.75) is 24.9 Å². The Morgan fingerprint density at radius 3 is 2.81 bits per heavy atom. The lowest BCUT2D eigenvalue weighted by Crippen LogP contribution is -2.68. The van der Waals surface area contributed by atoms with Gasteiger partial charge in [-0.25, -0.2) is 9.36 Å². The first-order valence-electron chi connectivity index (χ1n) is 6.60. The van der Waals surface area contributed by atoms with Gasteiger partial charge >= 0.3 is 5.97 Å². The normalized spacial score (nSPS) is 24.7. The van der Waals surface area contributed by atoms with E-state index < -0.39 is 12.0 Å². The average molecular weight is 306 g/mol. The van der Waals surface area contributed by atoms with Crippen LogP contribution in [0.4, 0.5) is 0 Å². The zero-order valence-electron chi connectivity index (χ0n) is 11.5. The van der Waals surface area contributed by atoms with Crippen LogP contribution >= 0.6 is 11.8 Å². The third-order valence-corrected chi connectivity index (χ3v) is 5.08. The number of aliphatic carboxylic acids is 1. The van der Waals surface area contributed by atoms with Crippen LogP contribution < -0.4 is 10.3 Å². The molecular weight excluding hydrogens is 290 g/mol. The van der Waals surface area contributed by atoms with E-state index in [9.17, 15) is 14.7 Å². The largest absolute Gasteiger partial charge is 0.477 e. The van der Waals surface area contributed by atoms with Crippen molar-refractivity contribution in [2.24, 2.45) is 5.73 Å². The summed E-state index contributed by atoms with van der Waals surface area (Å²) in [5.41, 5.74) is 7.69. The first-order valence-corrected chi connectivity index (χ1v) is 7.65. The fraction of sp³-hybridized carbons (Fsp3) is 0.357. The third-order valence-electron chi connectivity index (χ3n) is 3.72. The van der Waals surface area contributed by atoms with Crippen LogP contribution in [-0.2, 0) is 16.1 Å². The highest BCUT2D eigenvalue weighted by Gasteiger charge is 2.52. The molecule has 0 aromatic carbocycles. The fourth-order valence-electron chi connectivity index (χ4n) is 2.56. The van der Waals surface area contributed by atoms with Crippen LogP contribution in [0.2, 0.25) is 0 Å². The Morgan fingerprint density at radius 2 is 2.19 bits per heavy atom. The summed E-state index contributed by atoms with van der Waals surface area (Å²) in [6, 6.07) is 3.34. The molecule has 7 heteroatoms. The summed E-state index contributed by atoms with van der Waals surface area (Å²) in [5.74, 6) is -0.802. The minimum absolute atomic E-state index is 0.0959. The van der Waals surface area contributed by atoms with Crippen molar-refractivity contribution in [1.29, 1.82) is 0 Å². The summed E-state index contributed by atoms with van der Waals surface area (Å²) in [7, 11) is 0. The van der Waals surface area contributed by atoms with Crippen LogP contribution in [0.1, 0.15) is 5.56 Å². The fourth-order valence-corrected chi connectivity index (χ4v) is 3.84. The highest BCUT2D eigenvalue weighted by Crippen LogP contribution is 2.39. The van der Waals surface area contributed by atoms with Crippen molar-refractivity contribution in [2.75, 3.05) is 5.75 Å². The van der Waals surface area contributed by atoms with E-state index in [1.165, 1.54) is 16.7 Å². The molecule has 1 aromatic heterocycles. The van der Waals surface area contributed by atoms with Crippen molar-refractivity contribution in [3.8, 4) is 0 Å². The maximum absolute atomic E-state index is 11.8. The van der Waals surface area contributed by atoms with Crippen LogP contribution in [0.25, 0.3) is 0 Å². The number of carboxylic acid groups (broad SMARTS) is 1. The van der Waals surface area contributed by atoms with Gasteiger partial charge in [-0.15, -0.1) is 11.8 Å². The van der Waals surface area contributed by atoms with Gasteiger partial charge in [0.05, 0.1) is 0 Å². The van der Waals surface area contributed by atoms with Gasteiger partial charge in [-0.1, -0.05) is 0 Å². The Bertz CT molecular complexity index is 641. The van der Waals surface area contributed by atoms with Gasteiger partial charge in [-0.05, 0) is 12.5 Å². The van der Waals surface area contributed by atoms with E-state index in [1.54, 1.807) is 0 Å². The predicted octanol–water partition coefficient (Wildman–Crippen LogP) is -0.136. The standard InChI is InChI=1S/C14H15N3O3S/c1-8-2-4-16(5-3-8)6-9-7-21-13-10(15)12(18)17(13)11(9)14(19)20/h2-5,10,13H,6-7,15H2,1H3/p+1. The number of pyridine rings is 1. The van der Waals surface area contributed by atoms with Crippen LogP contribution in [0.5, 0.6) is 0 Å². The molecule has 2 atom stereocenters. The molecule has 0 saturated carbocycles. The number of thioether (sulfide) groups is 1. The second-order valence-corrected chi connectivity index (χ2v) is 6.35. The first-order chi connectivity index (χ1) is 9.99. The van der Waals surface area contributed by atoms with Crippen LogP contribution in [0, 0.1) is 6.92 Å².